The molecule has 10 heteroatoms. The second-order valence-electron chi connectivity index (χ2n) is 9.04. The van der Waals surface area contributed by atoms with Crippen LogP contribution in [0, 0.1) is 5.82 Å². The third-order valence-corrected chi connectivity index (χ3v) is 6.62. The maximum absolute atomic E-state index is 14.4. The fourth-order valence-electron chi connectivity index (χ4n) is 4.73. The highest BCUT2D eigenvalue weighted by Crippen LogP contribution is 2.35. The number of fused-ring (bicyclic) bond motifs is 4. The van der Waals surface area contributed by atoms with E-state index >= 15 is 0 Å². The number of carbonyl (C=O) groups excluding carboxylic acids is 3. The molecule has 4 rings (SSSR count). The zero-order valence-electron chi connectivity index (χ0n) is 21.1. The third-order valence-electron chi connectivity index (χ3n) is 6.62. The van der Waals surface area contributed by atoms with Gasteiger partial charge in [-0.2, -0.15) is 0 Å². The number of rotatable bonds is 5. The van der Waals surface area contributed by atoms with Crippen LogP contribution in [0.15, 0.2) is 42.5 Å². The predicted molar refractivity (Wildman–Crippen MR) is 133 cm³/mol. The maximum Gasteiger partial charge on any atom is 0.256 e. The fraction of sp³-hybridized carbons (Fsp3) is 0.444. The normalized spacial score (nSPS) is 20.0. The lowest BCUT2D eigenvalue weighted by molar-refractivity contribution is -0.140. The Balaban J connectivity index is 1.63. The summed E-state index contributed by atoms with van der Waals surface area (Å²) in [5, 5.41) is 3.01. The highest BCUT2D eigenvalue weighted by molar-refractivity contribution is 5.95. The zero-order chi connectivity index (χ0) is 26.4. The molecule has 0 aromatic heterocycles. The van der Waals surface area contributed by atoms with Gasteiger partial charge in [0.15, 0.2) is 11.5 Å². The summed E-state index contributed by atoms with van der Waals surface area (Å²) in [6, 6.07) is 10.9. The number of nitrogens with one attached hydrogen (secondary N) is 1. The molecule has 0 aliphatic carbocycles. The number of amides is 3. The van der Waals surface area contributed by atoms with Gasteiger partial charge in [-0.1, -0.05) is 18.2 Å². The highest BCUT2D eigenvalue weighted by atomic mass is 19.1. The summed E-state index contributed by atoms with van der Waals surface area (Å²) in [6.07, 6.45) is 0.510. The predicted octanol–water partition coefficient (Wildman–Crippen LogP) is 2.21. The molecule has 9 nitrogen and oxygen atoms in total. The molecular formula is C27H32FN3O6. The van der Waals surface area contributed by atoms with Gasteiger partial charge in [-0.15, -0.1) is 0 Å². The molecule has 37 heavy (non-hydrogen) atoms. The second-order valence-corrected chi connectivity index (χ2v) is 9.04. The molecule has 0 saturated carbocycles. The molecule has 2 atom stereocenters. The number of carbonyl (C=O) groups is 3. The van der Waals surface area contributed by atoms with Gasteiger partial charge >= 0.3 is 0 Å². The van der Waals surface area contributed by atoms with E-state index in [0.29, 0.717) is 37.7 Å². The Morgan fingerprint density at radius 1 is 1.16 bits per heavy atom. The summed E-state index contributed by atoms with van der Waals surface area (Å²) in [7, 11) is 1.55. The fourth-order valence-corrected chi connectivity index (χ4v) is 4.73. The Labute approximate surface area is 215 Å². The molecule has 2 aromatic rings. The van der Waals surface area contributed by atoms with E-state index < -0.39 is 17.8 Å². The molecule has 2 aromatic carbocycles. The molecule has 0 radical (unpaired) electrons. The quantitative estimate of drug-likeness (QED) is 0.659. The maximum atomic E-state index is 14.4. The van der Waals surface area contributed by atoms with E-state index in [4.69, 9.17) is 14.2 Å². The smallest absolute Gasteiger partial charge is 0.256 e. The SMILES string of the molecule is CCOCC(=O)N1CCCOc2cc(ccc2OC)[C@H]2CN(C(=O)c3ccccc3F)C[C@@H]2NC(=O)C1. The summed E-state index contributed by atoms with van der Waals surface area (Å²) in [4.78, 5) is 41.9. The molecular weight excluding hydrogens is 481 g/mol. The van der Waals surface area contributed by atoms with E-state index in [1.54, 1.807) is 31.1 Å². The van der Waals surface area contributed by atoms with Gasteiger partial charge in [0.05, 0.1) is 31.9 Å². The van der Waals surface area contributed by atoms with E-state index in [1.165, 1.54) is 23.1 Å². The summed E-state index contributed by atoms with van der Waals surface area (Å²) in [6.45, 7) is 3.02. The van der Waals surface area contributed by atoms with Crippen molar-refractivity contribution in [1.82, 2.24) is 15.1 Å². The van der Waals surface area contributed by atoms with Crippen molar-refractivity contribution in [3.05, 3.63) is 59.4 Å². The van der Waals surface area contributed by atoms with Crippen LogP contribution >= 0.6 is 0 Å². The van der Waals surface area contributed by atoms with E-state index in [-0.39, 0.29) is 49.5 Å². The number of hydrogen-bond acceptors (Lipinski definition) is 6. The van der Waals surface area contributed by atoms with E-state index in [1.807, 2.05) is 12.1 Å². The minimum atomic E-state index is -0.595. The largest absolute Gasteiger partial charge is 0.493 e. The Morgan fingerprint density at radius 3 is 2.73 bits per heavy atom. The molecule has 0 spiro atoms. The van der Waals surface area contributed by atoms with Crippen LogP contribution in [0.5, 0.6) is 11.5 Å². The van der Waals surface area contributed by atoms with Gasteiger partial charge in [0.1, 0.15) is 12.4 Å². The third kappa shape index (κ3) is 6.19. The van der Waals surface area contributed by atoms with Crippen LogP contribution in [-0.4, -0.2) is 86.7 Å². The summed E-state index contributed by atoms with van der Waals surface area (Å²) >= 11 is 0. The number of hydrogen-bond donors (Lipinski definition) is 1. The first-order valence-corrected chi connectivity index (χ1v) is 12.4. The van der Waals surface area contributed by atoms with Crippen LogP contribution in [-0.2, 0) is 14.3 Å². The van der Waals surface area contributed by atoms with Crippen LogP contribution in [0.3, 0.4) is 0 Å². The van der Waals surface area contributed by atoms with Crippen LogP contribution in [0.2, 0.25) is 0 Å². The molecule has 198 valence electrons. The standard InChI is InChI=1S/C27H32FN3O6/c1-3-36-17-26(33)30-11-6-12-37-24-13-18(9-10-23(24)35-2)20-14-31(15-22(20)29-25(32)16-30)27(34)19-7-4-5-8-21(19)28/h4-5,7-10,13,20,22H,3,6,11-12,14-17H2,1-2H3,(H,29,32)/t20-,22+/m1/s1. The summed E-state index contributed by atoms with van der Waals surface area (Å²) in [5.41, 5.74) is 0.836. The first kappa shape index (κ1) is 26.4. The first-order valence-electron chi connectivity index (χ1n) is 12.4. The van der Waals surface area contributed by atoms with Gasteiger partial charge in [-0.25, -0.2) is 4.39 Å². The van der Waals surface area contributed by atoms with Crippen LogP contribution in [0.1, 0.15) is 35.2 Å². The van der Waals surface area contributed by atoms with Crippen molar-refractivity contribution >= 4 is 17.7 Å². The highest BCUT2D eigenvalue weighted by Gasteiger charge is 2.38. The van der Waals surface area contributed by atoms with Crippen molar-refractivity contribution in [3.8, 4) is 11.5 Å². The van der Waals surface area contributed by atoms with Gasteiger partial charge in [-0.05, 0) is 43.2 Å². The van der Waals surface area contributed by atoms with Crippen LogP contribution in [0.4, 0.5) is 4.39 Å². The molecule has 1 fully saturated rings. The summed E-state index contributed by atoms with van der Waals surface area (Å²) in [5.74, 6) is -0.850. The number of benzene rings is 2. The Bertz CT molecular complexity index is 1140. The monoisotopic (exact) mass is 513 g/mol. The lowest BCUT2D eigenvalue weighted by atomic mass is 9.94. The van der Waals surface area contributed by atoms with Crippen molar-refractivity contribution < 1.29 is 33.0 Å². The van der Waals surface area contributed by atoms with Gasteiger partial charge in [-0.3, -0.25) is 14.4 Å². The first-order chi connectivity index (χ1) is 17.9. The van der Waals surface area contributed by atoms with Crippen LogP contribution in [0.25, 0.3) is 0 Å². The zero-order valence-corrected chi connectivity index (χ0v) is 21.1. The minimum Gasteiger partial charge on any atom is -0.493 e. The van der Waals surface area contributed by atoms with Crippen molar-refractivity contribution in [2.75, 3.05) is 53.1 Å². The molecule has 3 amide bonds. The summed E-state index contributed by atoms with van der Waals surface area (Å²) < 4.78 is 31.1. The van der Waals surface area contributed by atoms with Crippen molar-refractivity contribution in [3.63, 3.8) is 0 Å². The Kier molecular flexibility index (Phi) is 8.60. The topological polar surface area (TPSA) is 97.4 Å². The molecule has 1 saturated heterocycles. The minimum absolute atomic E-state index is 0.0194. The van der Waals surface area contributed by atoms with Crippen LogP contribution < -0.4 is 14.8 Å². The molecule has 2 bridgehead atoms. The van der Waals surface area contributed by atoms with Gasteiger partial charge in [0, 0.05) is 32.2 Å². The molecule has 1 N–H and O–H groups in total. The number of methoxy groups -OCH3 is 1. The van der Waals surface area contributed by atoms with E-state index in [0.717, 1.165) is 5.56 Å². The van der Waals surface area contributed by atoms with Crippen molar-refractivity contribution in [1.29, 1.82) is 0 Å². The number of halogens is 1. The van der Waals surface area contributed by atoms with E-state index in [9.17, 15) is 18.8 Å². The van der Waals surface area contributed by atoms with Crippen molar-refractivity contribution in [2.45, 2.75) is 25.3 Å². The molecule has 0 unspecified atom stereocenters. The molecule has 2 aliphatic rings. The Hall–Kier alpha value is -3.66. The lowest BCUT2D eigenvalue weighted by Gasteiger charge is -2.24. The average Bonchev–Trinajstić information content (AvgIpc) is 3.31. The molecule has 2 aliphatic heterocycles. The Morgan fingerprint density at radius 2 is 1.97 bits per heavy atom. The number of likely N-dealkylation sites (tertiary alicyclic amines) is 1. The van der Waals surface area contributed by atoms with Gasteiger partial charge in [0.2, 0.25) is 11.8 Å². The van der Waals surface area contributed by atoms with Crippen molar-refractivity contribution in [2.24, 2.45) is 0 Å². The lowest BCUT2D eigenvalue weighted by Crippen LogP contribution is -2.47. The van der Waals surface area contributed by atoms with E-state index in [2.05, 4.69) is 5.32 Å². The second kappa shape index (κ2) is 12.1. The average molecular weight is 514 g/mol. The number of nitrogens with zero attached hydrogens (tertiary/aromatic N) is 2. The molecule has 2 heterocycles. The van der Waals surface area contributed by atoms with Gasteiger partial charge < -0.3 is 29.3 Å². The van der Waals surface area contributed by atoms with Gasteiger partial charge in [0.25, 0.3) is 5.91 Å². The number of ether oxygens (including phenoxy) is 3.